The molecule has 3 heterocycles. The summed E-state index contributed by atoms with van der Waals surface area (Å²) >= 11 is 0. The summed E-state index contributed by atoms with van der Waals surface area (Å²) in [5.74, 6) is 0.411. The Kier molecular flexibility index (Phi) is 5.17. The van der Waals surface area contributed by atoms with E-state index in [0.29, 0.717) is 24.6 Å². The topological polar surface area (TPSA) is 114 Å². The molecule has 1 aromatic rings. The Morgan fingerprint density at radius 1 is 1.23 bits per heavy atom. The number of benzene rings is 1. The quantitative estimate of drug-likeness (QED) is 0.662. The first-order chi connectivity index (χ1) is 16.8. The minimum Gasteiger partial charge on any atom is -0.345 e. The van der Waals surface area contributed by atoms with Gasteiger partial charge in [-0.05, 0) is 61.3 Å². The number of carbonyl (C=O) groups is 3. The van der Waals surface area contributed by atoms with Gasteiger partial charge in [0.2, 0.25) is 11.8 Å². The number of hydrogen-bond acceptors (Lipinski definition) is 6. The van der Waals surface area contributed by atoms with Gasteiger partial charge in [0.15, 0.2) is 0 Å². The van der Waals surface area contributed by atoms with Crippen LogP contribution in [0.4, 0.5) is 0 Å². The molecule has 9 nitrogen and oxygen atoms in total. The smallest absolute Gasteiger partial charge is 0.253 e. The summed E-state index contributed by atoms with van der Waals surface area (Å²) in [7, 11) is 3.50. The van der Waals surface area contributed by atoms with Gasteiger partial charge in [-0.1, -0.05) is 6.07 Å². The summed E-state index contributed by atoms with van der Waals surface area (Å²) in [6, 6.07) is 7.13. The van der Waals surface area contributed by atoms with Crippen LogP contribution in [0.1, 0.15) is 53.2 Å². The highest BCUT2D eigenvalue weighted by Crippen LogP contribution is 2.48. The van der Waals surface area contributed by atoms with E-state index in [4.69, 9.17) is 5.73 Å². The van der Waals surface area contributed by atoms with Gasteiger partial charge in [0.05, 0.1) is 24.2 Å². The Bertz CT molecular complexity index is 1140. The van der Waals surface area contributed by atoms with E-state index in [9.17, 15) is 19.6 Å². The van der Waals surface area contributed by atoms with Gasteiger partial charge in [0.1, 0.15) is 6.04 Å². The Morgan fingerprint density at radius 3 is 2.74 bits per heavy atom. The number of hydrogen-bond donors (Lipinski definition) is 1. The Morgan fingerprint density at radius 2 is 2.03 bits per heavy atom. The molecule has 0 radical (unpaired) electrons. The largest absolute Gasteiger partial charge is 0.345 e. The zero-order valence-electron chi connectivity index (χ0n) is 20.3. The van der Waals surface area contributed by atoms with Crippen LogP contribution in [0.5, 0.6) is 0 Å². The molecule has 0 aromatic heterocycles. The van der Waals surface area contributed by atoms with Crippen molar-refractivity contribution in [3.05, 3.63) is 34.9 Å². The second-order valence-corrected chi connectivity index (χ2v) is 11.1. The first kappa shape index (κ1) is 22.5. The van der Waals surface area contributed by atoms with Crippen LogP contribution in [0.3, 0.4) is 0 Å². The van der Waals surface area contributed by atoms with E-state index >= 15 is 0 Å². The summed E-state index contributed by atoms with van der Waals surface area (Å²) < 4.78 is 0. The van der Waals surface area contributed by atoms with E-state index in [1.165, 1.54) is 0 Å². The lowest BCUT2D eigenvalue weighted by atomic mass is 10.0. The molecule has 7 atom stereocenters. The number of rotatable bonds is 5. The number of piperidine rings is 1. The molecule has 3 saturated heterocycles. The van der Waals surface area contributed by atoms with E-state index in [0.717, 1.165) is 43.2 Å². The third kappa shape index (κ3) is 3.46. The predicted octanol–water partition coefficient (Wildman–Crippen LogP) is 0.501. The van der Waals surface area contributed by atoms with E-state index in [2.05, 4.69) is 15.9 Å². The molecule has 35 heavy (non-hydrogen) atoms. The maximum Gasteiger partial charge on any atom is 0.253 e. The van der Waals surface area contributed by atoms with Gasteiger partial charge < -0.3 is 20.4 Å². The van der Waals surface area contributed by atoms with Crippen LogP contribution in [0.2, 0.25) is 0 Å². The molecule has 3 amide bonds. The maximum atomic E-state index is 13.4. The number of nitrogens with two attached hydrogens (primary N) is 1. The van der Waals surface area contributed by atoms with E-state index in [1.54, 1.807) is 23.9 Å². The average Bonchev–Trinajstić information content (AvgIpc) is 3.18. The molecule has 1 saturated carbocycles. The van der Waals surface area contributed by atoms with Crippen molar-refractivity contribution in [1.82, 2.24) is 19.6 Å². The number of likely N-dealkylation sites (tertiary alicyclic amines) is 3. The summed E-state index contributed by atoms with van der Waals surface area (Å²) in [6.45, 7) is 1.07. The number of carbonyl (C=O) groups excluding carboxylic acids is 3. The van der Waals surface area contributed by atoms with Crippen LogP contribution >= 0.6 is 0 Å². The molecule has 2 aliphatic carbocycles. The van der Waals surface area contributed by atoms with E-state index in [1.807, 2.05) is 18.2 Å². The normalized spacial score (nSPS) is 33.5. The highest BCUT2D eigenvalue weighted by atomic mass is 16.2. The molecule has 3 aliphatic heterocycles. The summed E-state index contributed by atoms with van der Waals surface area (Å²) in [5, 5.41) is 9.42. The third-order valence-corrected chi connectivity index (χ3v) is 8.75. The molecule has 2 N–H and O–H groups in total. The van der Waals surface area contributed by atoms with Crippen LogP contribution in [0.15, 0.2) is 18.2 Å². The number of amides is 3. The molecule has 4 fully saturated rings. The highest BCUT2D eigenvalue weighted by molar-refractivity contribution is 5.94. The van der Waals surface area contributed by atoms with Gasteiger partial charge in [-0.3, -0.25) is 19.3 Å². The van der Waals surface area contributed by atoms with Crippen molar-refractivity contribution in [1.29, 1.82) is 5.26 Å². The van der Waals surface area contributed by atoms with Crippen molar-refractivity contribution in [3.63, 3.8) is 0 Å². The minimum atomic E-state index is -0.717. The Hall–Kier alpha value is -2.96. The molecule has 5 aliphatic rings. The second-order valence-electron chi connectivity index (χ2n) is 11.1. The molecule has 1 aromatic carbocycles. The number of nitrogens with zero attached hydrogens (tertiary/aromatic N) is 5. The predicted molar refractivity (Wildman–Crippen MR) is 127 cm³/mol. The number of nitriles is 1. The average molecular weight is 477 g/mol. The van der Waals surface area contributed by atoms with Crippen molar-refractivity contribution in [2.45, 2.75) is 68.4 Å². The van der Waals surface area contributed by atoms with Crippen LogP contribution < -0.4 is 5.73 Å². The molecular formula is C26H32N6O3. The monoisotopic (exact) mass is 476 g/mol. The van der Waals surface area contributed by atoms with Gasteiger partial charge in [-0.15, -0.1) is 0 Å². The van der Waals surface area contributed by atoms with Crippen LogP contribution in [-0.2, 0) is 16.0 Å². The molecule has 9 heteroatoms. The molecule has 6 rings (SSSR count). The highest BCUT2D eigenvalue weighted by Gasteiger charge is 2.56. The second kappa shape index (κ2) is 8.04. The number of piperazine rings is 1. The fourth-order valence-electron chi connectivity index (χ4n) is 6.99. The van der Waals surface area contributed by atoms with Crippen LogP contribution in [-0.4, -0.2) is 94.7 Å². The summed E-state index contributed by atoms with van der Waals surface area (Å²) in [6.07, 6.45) is 4.23. The lowest BCUT2D eigenvalue weighted by Crippen LogP contribution is -2.57. The Balaban J connectivity index is 1.12. The Labute approximate surface area is 205 Å². The molecule has 1 unspecified atom stereocenters. The standard InChI is InChI=1S/C26H32N6O3/c1-29(2)24(33)15-3-5-19-14(7-15)4-6-21(19)32-18-10-23(26(32)35)30(12-18)13-20(28)25(34)31-17(11-27)8-16-9-22(16)31/h3,5,7,16-18,20-23H,4,6,8-10,12-13,28H2,1-2H3/t16?,17-,18+,20-,21-,22-,23+/m0/s1. The van der Waals surface area contributed by atoms with E-state index in [-0.39, 0.29) is 47.9 Å². The van der Waals surface area contributed by atoms with Crippen molar-refractivity contribution >= 4 is 17.7 Å². The SMILES string of the molecule is CN(C)C(=O)c1ccc2c(c1)CC[C@@H]2N1C(=O)[C@H]2C[C@@H]1CN2C[C@H](N)C(=O)N1[C@H](C#N)CC2C[C@@H]21. The maximum absolute atomic E-state index is 13.4. The minimum absolute atomic E-state index is 0.0127. The van der Waals surface area contributed by atoms with Gasteiger partial charge >= 0.3 is 0 Å². The van der Waals surface area contributed by atoms with Crippen molar-refractivity contribution in [2.75, 3.05) is 27.2 Å². The van der Waals surface area contributed by atoms with Crippen LogP contribution in [0.25, 0.3) is 0 Å². The van der Waals surface area contributed by atoms with Gasteiger partial charge in [0.25, 0.3) is 5.91 Å². The van der Waals surface area contributed by atoms with Crippen LogP contribution in [0, 0.1) is 17.2 Å². The molecule has 0 spiro atoms. The van der Waals surface area contributed by atoms with Gasteiger partial charge in [-0.25, -0.2) is 0 Å². The summed E-state index contributed by atoms with van der Waals surface area (Å²) in [4.78, 5) is 46.3. The van der Waals surface area contributed by atoms with Crippen molar-refractivity contribution in [2.24, 2.45) is 11.7 Å². The number of fused-ring (bicyclic) bond motifs is 4. The van der Waals surface area contributed by atoms with Gasteiger partial charge in [-0.2, -0.15) is 5.26 Å². The fraction of sp³-hybridized carbons (Fsp3) is 0.615. The molecular weight excluding hydrogens is 444 g/mol. The summed E-state index contributed by atoms with van der Waals surface area (Å²) in [5.41, 5.74) is 9.32. The van der Waals surface area contributed by atoms with E-state index < -0.39 is 6.04 Å². The first-order valence-electron chi connectivity index (χ1n) is 12.7. The molecule has 184 valence electrons. The third-order valence-electron chi connectivity index (χ3n) is 8.75. The number of aryl methyl sites for hydroxylation is 1. The zero-order valence-corrected chi connectivity index (χ0v) is 20.3. The zero-order chi connectivity index (χ0) is 24.6. The lowest BCUT2D eigenvalue weighted by Gasteiger charge is -2.38. The fourth-order valence-corrected chi connectivity index (χ4v) is 6.99. The van der Waals surface area contributed by atoms with Crippen molar-refractivity contribution < 1.29 is 14.4 Å². The lowest BCUT2D eigenvalue weighted by molar-refractivity contribution is -0.141. The first-order valence-corrected chi connectivity index (χ1v) is 12.7. The van der Waals surface area contributed by atoms with Gasteiger partial charge in [0, 0.05) is 44.8 Å². The molecule has 2 bridgehead atoms. The van der Waals surface area contributed by atoms with Crippen molar-refractivity contribution in [3.8, 4) is 6.07 Å².